The lowest BCUT2D eigenvalue weighted by atomic mass is 10.2. The molecular weight excluding hydrogens is 276 g/mol. The summed E-state index contributed by atoms with van der Waals surface area (Å²) in [5, 5.41) is 14.7. The van der Waals surface area contributed by atoms with E-state index in [0.29, 0.717) is 5.52 Å². The van der Waals surface area contributed by atoms with Gasteiger partial charge in [0, 0.05) is 27.5 Å². The minimum atomic E-state index is 0.601. The molecule has 0 amide bonds. The molecule has 0 N–H and O–H groups in total. The van der Waals surface area contributed by atoms with Gasteiger partial charge in [-0.25, -0.2) is 4.98 Å². The number of rotatable bonds is 0. The predicted molar refractivity (Wildman–Crippen MR) is 63.8 cm³/mol. The molecule has 0 atom stereocenters. The van der Waals surface area contributed by atoms with Gasteiger partial charge in [-0.05, 0) is 22.0 Å². The molecule has 0 saturated carbocycles. The standard InChI is InChI=1S/C10H5BrN2OS/c11-6-5-15-8-4-13(14)7-2-1-3-12-10(7)9(6)8/h1-5H. The molecule has 0 unspecified atom stereocenters. The van der Waals surface area contributed by atoms with Crippen molar-refractivity contribution in [3.05, 3.63) is 39.6 Å². The highest BCUT2D eigenvalue weighted by Crippen LogP contribution is 2.33. The van der Waals surface area contributed by atoms with Crippen molar-refractivity contribution in [2.45, 2.75) is 0 Å². The quantitative estimate of drug-likeness (QED) is 0.469. The Balaban J connectivity index is 2.67. The zero-order valence-electron chi connectivity index (χ0n) is 7.48. The fourth-order valence-corrected chi connectivity index (χ4v) is 3.26. The maximum absolute atomic E-state index is 11.7. The Bertz CT molecular complexity index is 665. The Hall–Kier alpha value is -1.20. The fourth-order valence-electron chi connectivity index (χ4n) is 1.62. The molecule has 3 rings (SSSR count). The van der Waals surface area contributed by atoms with Crippen molar-refractivity contribution in [1.29, 1.82) is 0 Å². The van der Waals surface area contributed by atoms with Crippen LogP contribution >= 0.6 is 27.3 Å². The van der Waals surface area contributed by atoms with Gasteiger partial charge in [-0.2, -0.15) is 4.73 Å². The summed E-state index contributed by atoms with van der Waals surface area (Å²) in [6, 6.07) is 3.54. The third-order valence-electron chi connectivity index (χ3n) is 2.27. The molecule has 3 nitrogen and oxygen atoms in total. The van der Waals surface area contributed by atoms with Crippen molar-refractivity contribution < 1.29 is 4.73 Å². The summed E-state index contributed by atoms with van der Waals surface area (Å²) in [5.74, 6) is 0. The molecule has 0 aliphatic carbocycles. The molecule has 0 radical (unpaired) electrons. The van der Waals surface area contributed by atoms with E-state index in [4.69, 9.17) is 0 Å². The maximum Gasteiger partial charge on any atom is 0.243 e. The van der Waals surface area contributed by atoms with Gasteiger partial charge in [0.15, 0.2) is 6.20 Å². The van der Waals surface area contributed by atoms with Crippen LogP contribution in [0.3, 0.4) is 0 Å². The molecule has 5 heteroatoms. The first-order valence-electron chi connectivity index (χ1n) is 4.31. The molecule has 0 aromatic carbocycles. The SMILES string of the molecule is [O-][n+]1cc2scc(Br)c2c2ncccc21. The van der Waals surface area contributed by atoms with Crippen LogP contribution in [-0.4, -0.2) is 4.98 Å². The van der Waals surface area contributed by atoms with Crippen molar-refractivity contribution in [1.82, 2.24) is 4.98 Å². The lowest BCUT2D eigenvalue weighted by Crippen LogP contribution is -2.26. The van der Waals surface area contributed by atoms with Gasteiger partial charge in [0.05, 0.1) is 0 Å². The molecule has 0 saturated heterocycles. The van der Waals surface area contributed by atoms with Gasteiger partial charge >= 0.3 is 0 Å². The summed E-state index contributed by atoms with van der Waals surface area (Å²) in [6.45, 7) is 0. The molecule has 0 aliphatic rings. The Morgan fingerprint density at radius 3 is 3.20 bits per heavy atom. The topological polar surface area (TPSA) is 39.8 Å². The molecule has 0 spiro atoms. The van der Waals surface area contributed by atoms with Crippen molar-refractivity contribution >= 4 is 48.4 Å². The van der Waals surface area contributed by atoms with Crippen LogP contribution in [0.4, 0.5) is 0 Å². The molecule has 74 valence electrons. The third kappa shape index (κ3) is 1.23. The van der Waals surface area contributed by atoms with Gasteiger partial charge < -0.3 is 5.21 Å². The average molecular weight is 281 g/mol. The highest BCUT2D eigenvalue weighted by Gasteiger charge is 2.13. The maximum atomic E-state index is 11.7. The molecule has 0 fully saturated rings. The van der Waals surface area contributed by atoms with Gasteiger partial charge in [0.2, 0.25) is 5.52 Å². The van der Waals surface area contributed by atoms with Crippen molar-refractivity contribution in [3.8, 4) is 0 Å². The van der Waals surface area contributed by atoms with E-state index in [2.05, 4.69) is 20.9 Å². The fraction of sp³-hybridized carbons (Fsp3) is 0. The Morgan fingerprint density at radius 1 is 1.47 bits per heavy atom. The number of hydrogen-bond acceptors (Lipinski definition) is 3. The number of thiophene rings is 1. The summed E-state index contributed by atoms with van der Waals surface area (Å²) in [6.07, 6.45) is 3.29. The molecular formula is C10H5BrN2OS. The first kappa shape index (κ1) is 9.06. The molecule has 3 heterocycles. The second kappa shape index (κ2) is 3.15. The Labute approximate surface area is 97.7 Å². The van der Waals surface area contributed by atoms with E-state index in [1.54, 1.807) is 24.5 Å². The van der Waals surface area contributed by atoms with E-state index in [-0.39, 0.29) is 0 Å². The van der Waals surface area contributed by atoms with Crippen LogP contribution in [0.15, 0.2) is 34.4 Å². The van der Waals surface area contributed by atoms with E-state index < -0.39 is 0 Å². The minimum Gasteiger partial charge on any atom is -0.618 e. The smallest absolute Gasteiger partial charge is 0.243 e. The first-order chi connectivity index (χ1) is 7.27. The molecule has 15 heavy (non-hydrogen) atoms. The van der Waals surface area contributed by atoms with Crippen LogP contribution in [0.1, 0.15) is 0 Å². The zero-order chi connectivity index (χ0) is 10.4. The largest absolute Gasteiger partial charge is 0.618 e. The first-order valence-corrected chi connectivity index (χ1v) is 5.98. The molecule has 0 bridgehead atoms. The van der Waals surface area contributed by atoms with Gasteiger partial charge in [0.1, 0.15) is 10.2 Å². The second-order valence-corrected chi connectivity index (χ2v) is 4.91. The monoisotopic (exact) mass is 280 g/mol. The number of hydrogen-bond donors (Lipinski definition) is 0. The van der Waals surface area contributed by atoms with Crippen LogP contribution in [0.5, 0.6) is 0 Å². The molecule has 0 aliphatic heterocycles. The van der Waals surface area contributed by atoms with Crippen molar-refractivity contribution in [3.63, 3.8) is 0 Å². The highest BCUT2D eigenvalue weighted by atomic mass is 79.9. The van der Waals surface area contributed by atoms with Crippen LogP contribution in [0, 0.1) is 5.21 Å². The summed E-state index contributed by atoms with van der Waals surface area (Å²) >= 11 is 5.01. The Kier molecular flexibility index (Phi) is 1.90. The van der Waals surface area contributed by atoms with Crippen molar-refractivity contribution in [2.24, 2.45) is 0 Å². The summed E-state index contributed by atoms with van der Waals surface area (Å²) in [4.78, 5) is 4.26. The van der Waals surface area contributed by atoms with E-state index in [1.165, 1.54) is 11.3 Å². The third-order valence-corrected chi connectivity index (χ3v) is 4.12. The highest BCUT2D eigenvalue weighted by molar-refractivity contribution is 9.10. The van der Waals surface area contributed by atoms with Crippen LogP contribution in [0.2, 0.25) is 0 Å². The van der Waals surface area contributed by atoms with Crippen LogP contribution in [0.25, 0.3) is 21.1 Å². The lowest BCUT2D eigenvalue weighted by molar-refractivity contribution is -0.575. The van der Waals surface area contributed by atoms with E-state index in [0.717, 1.165) is 24.8 Å². The second-order valence-electron chi connectivity index (χ2n) is 3.15. The summed E-state index contributed by atoms with van der Waals surface area (Å²) in [5.41, 5.74) is 1.35. The van der Waals surface area contributed by atoms with Crippen LogP contribution in [-0.2, 0) is 0 Å². The van der Waals surface area contributed by atoms with Crippen molar-refractivity contribution in [2.75, 3.05) is 0 Å². The summed E-state index contributed by atoms with van der Waals surface area (Å²) in [7, 11) is 0. The van der Waals surface area contributed by atoms with Gasteiger partial charge in [0.25, 0.3) is 0 Å². The molecule has 3 aromatic rings. The van der Waals surface area contributed by atoms with Gasteiger partial charge in [-0.1, -0.05) is 0 Å². The average Bonchev–Trinajstić information content (AvgIpc) is 2.61. The van der Waals surface area contributed by atoms with E-state index >= 15 is 0 Å². The number of halogens is 1. The van der Waals surface area contributed by atoms with Gasteiger partial charge in [-0.15, -0.1) is 11.3 Å². The van der Waals surface area contributed by atoms with E-state index in [1.807, 2.05) is 5.38 Å². The number of aromatic nitrogens is 2. The number of fused-ring (bicyclic) bond motifs is 3. The lowest BCUT2D eigenvalue weighted by Gasteiger charge is -2.01. The summed E-state index contributed by atoms with van der Waals surface area (Å²) < 4.78 is 2.81. The zero-order valence-corrected chi connectivity index (χ0v) is 9.88. The van der Waals surface area contributed by atoms with Gasteiger partial charge in [-0.3, -0.25) is 0 Å². The normalized spacial score (nSPS) is 11.3. The minimum absolute atomic E-state index is 0.601. The molecule has 3 aromatic heterocycles. The Morgan fingerprint density at radius 2 is 2.33 bits per heavy atom. The van der Waals surface area contributed by atoms with Crippen LogP contribution < -0.4 is 4.73 Å². The van der Waals surface area contributed by atoms with E-state index in [9.17, 15) is 5.21 Å². The predicted octanol–water partition coefficient (Wildman–Crippen LogP) is 2.85. The number of nitrogens with zero attached hydrogens (tertiary/aromatic N) is 2. The number of pyridine rings is 2.